The van der Waals surface area contributed by atoms with E-state index in [0.717, 1.165) is 24.1 Å². The Kier molecular flexibility index (Phi) is 4.39. The Bertz CT molecular complexity index is 591. The van der Waals surface area contributed by atoms with Crippen LogP contribution in [-0.2, 0) is 9.59 Å². The van der Waals surface area contributed by atoms with Gasteiger partial charge in [0.05, 0.1) is 12.0 Å². The van der Waals surface area contributed by atoms with Gasteiger partial charge < -0.3 is 15.3 Å². The molecule has 1 saturated heterocycles. The summed E-state index contributed by atoms with van der Waals surface area (Å²) in [6, 6.07) is 7.33. The van der Waals surface area contributed by atoms with Crippen molar-refractivity contribution in [2.45, 2.75) is 57.1 Å². The van der Waals surface area contributed by atoms with Crippen molar-refractivity contribution >= 4 is 17.5 Å². The van der Waals surface area contributed by atoms with Crippen molar-refractivity contribution in [3.05, 3.63) is 29.8 Å². The van der Waals surface area contributed by atoms with Crippen molar-refractivity contribution in [3.8, 4) is 0 Å². The highest BCUT2D eigenvalue weighted by Gasteiger charge is 2.37. The third-order valence-corrected chi connectivity index (χ3v) is 4.91. The monoisotopic (exact) mass is 316 g/mol. The highest BCUT2D eigenvalue weighted by Crippen LogP contribution is 2.32. The molecule has 23 heavy (non-hydrogen) atoms. The maximum Gasteiger partial charge on any atom is 0.249 e. The van der Waals surface area contributed by atoms with Gasteiger partial charge in [0.2, 0.25) is 11.8 Å². The van der Waals surface area contributed by atoms with Crippen molar-refractivity contribution < 1.29 is 14.7 Å². The highest BCUT2D eigenvalue weighted by molar-refractivity contribution is 6.01. The molecule has 0 aromatic heterocycles. The zero-order valence-electron chi connectivity index (χ0n) is 13.5. The number of rotatable bonds is 4. The van der Waals surface area contributed by atoms with E-state index in [1.807, 2.05) is 31.2 Å². The summed E-state index contributed by atoms with van der Waals surface area (Å²) >= 11 is 0. The molecule has 1 aromatic rings. The van der Waals surface area contributed by atoms with Crippen molar-refractivity contribution in [1.82, 2.24) is 5.32 Å². The highest BCUT2D eigenvalue weighted by atomic mass is 16.3. The molecule has 2 N–H and O–H groups in total. The van der Waals surface area contributed by atoms with Crippen LogP contribution in [0.5, 0.6) is 0 Å². The molecular weight excluding hydrogens is 292 g/mol. The van der Waals surface area contributed by atoms with Crippen LogP contribution in [0.1, 0.15) is 44.1 Å². The van der Waals surface area contributed by atoms with E-state index < -0.39 is 11.6 Å². The second-order valence-corrected chi connectivity index (χ2v) is 6.84. The molecule has 1 aliphatic heterocycles. The summed E-state index contributed by atoms with van der Waals surface area (Å²) in [5.74, 6) is -0.292. The van der Waals surface area contributed by atoms with Crippen LogP contribution in [0.2, 0.25) is 0 Å². The lowest BCUT2D eigenvalue weighted by Gasteiger charge is -2.22. The van der Waals surface area contributed by atoms with Gasteiger partial charge in [-0.2, -0.15) is 0 Å². The van der Waals surface area contributed by atoms with Crippen LogP contribution in [0.3, 0.4) is 0 Å². The van der Waals surface area contributed by atoms with Gasteiger partial charge in [-0.05, 0) is 38.3 Å². The third-order valence-electron chi connectivity index (χ3n) is 4.91. The Labute approximate surface area is 136 Å². The van der Waals surface area contributed by atoms with E-state index in [1.54, 1.807) is 4.90 Å². The average Bonchev–Trinajstić information content (AvgIpc) is 3.08. The topological polar surface area (TPSA) is 69.6 Å². The van der Waals surface area contributed by atoms with Crippen molar-refractivity contribution in [2.75, 3.05) is 11.4 Å². The summed E-state index contributed by atoms with van der Waals surface area (Å²) < 4.78 is 0. The van der Waals surface area contributed by atoms with Crippen LogP contribution in [0, 0.1) is 6.92 Å². The molecule has 3 rings (SSSR count). The summed E-state index contributed by atoms with van der Waals surface area (Å²) in [6.07, 6.45) is 3.99. The van der Waals surface area contributed by atoms with E-state index in [2.05, 4.69) is 5.32 Å². The quantitative estimate of drug-likeness (QED) is 0.891. The number of hydrogen-bond donors (Lipinski definition) is 2. The lowest BCUT2D eigenvalue weighted by atomic mass is 9.97. The SMILES string of the molecule is Cc1ccc(N2CCC(NC(=O)CC3(O)CCCC3)C2=O)cc1. The van der Waals surface area contributed by atoms with Gasteiger partial charge in [0.15, 0.2) is 0 Å². The Morgan fingerprint density at radius 1 is 1.30 bits per heavy atom. The Balaban J connectivity index is 1.58. The number of carbonyl (C=O) groups excluding carboxylic acids is 2. The van der Waals surface area contributed by atoms with Crippen LogP contribution in [0.15, 0.2) is 24.3 Å². The first-order valence-corrected chi connectivity index (χ1v) is 8.37. The standard InChI is InChI=1S/C18H24N2O3/c1-13-4-6-14(7-5-13)20-11-8-15(17(20)22)19-16(21)12-18(23)9-2-3-10-18/h4-7,15,23H,2-3,8-12H2,1H3,(H,19,21). The molecule has 0 bridgehead atoms. The molecule has 2 amide bonds. The van der Waals surface area contributed by atoms with Crippen molar-refractivity contribution in [3.63, 3.8) is 0 Å². The van der Waals surface area contributed by atoms with E-state index in [9.17, 15) is 14.7 Å². The number of anilines is 1. The summed E-state index contributed by atoms with van der Waals surface area (Å²) in [7, 11) is 0. The first-order chi connectivity index (χ1) is 11.0. The van der Waals surface area contributed by atoms with E-state index >= 15 is 0 Å². The zero-order chi connectivity index (χ0) is 16.4. The number of nitrogens with one attached hydrogen (secondary N) is 1. The van der Waals surface area contributed by atoms with Crippen LogP contribution < -0.4 is 10.2 Å². The van der Waals surface area contributed by atoms with Crippen molar-refractivity contribution in [1.29, 1.82) is 0 Å². The van der Waals surface area contributed by atoms with Gasteiger partial charge in [0.25, 0.3) is 0 Å². The van der Waals surface area contributed by atoms with E-state index in [0.29, 0.717) is 25.8 Å². The second kappa shape index (κ2) is 6.32. The van der Waals surface area contributed by atoms with Gasteiger partial charge in [-0.15, -0.1) is 0 Å². The van der Waals surface area contributed by atoms with Gasteiger partial charge >= 0.3 is 0 Å². The predicted octanol–water partition coefficient (Wildman–Crippen LogP) is 1.91. The van der Waals surface area contributed by atoms with E-state index in [1.165, 1.54) is 0 Å². The molecule has 2 aliphatic rings. The van der Waals surface area contributed by atoms with Crippen molar-refractivity contribution in [2.24, 2.45) is 0 Å². The molecule has 2 fully saturated rings. The number of aryl methyl sites for hydroxylation is 1. The van der Waals surface area contributed by atoms with Crippen LogP contribution >= 0.6 is 0 Å². The largest absolute Gasteiger partial charge is 0.389 e. The summed E-state index contributed by atoms with van der Waals surface area (Å²) in [5, 5.41) is 13.1. The second-order valence-electron chi connectivity index (χ2n) is 6.84. The normalized spacial score (nSPS) is 23.3. The predicted molar refractivity (Wildman–Crippen MR) is 88.1 cm³/mol. The Morgan fingerprint density at radius 2 is 1.96 bits per heavy atom. The minimum atomic E-state index is -0.873. The van der Waals surface area contributed by atoms with Crippen LogP contribution in [-0.4, -0.2) is 35.1 Å². The van der Waals surface area contributed by atoms with Gasteiger partial charge in [-0.3, -0.25) is 9.59 Å². The van der Waals surface area contributed by atoms with Crippen LogP contribution in [0.25, 0.3) is 0 Å². The molecular formula is C18H24N2O3. The number of carbonyl (C=O) groups is 2. The van der Waals surface area contributed by atoms with E-state index in [4.69, 9.17) is 0 Å². The van der Waals surface area contributed by atoms with E-state index in [-0.39, 0.29) is 18.2 Å². The van der Waals surface area contributed by atoms with Gasteiger partial charge in [0, 0.05) is 12.2 Å². The summed E-state index contributed by atoms with van der Waals surface area (Å²) in [4.78, 5) is 26.4. The maximum absolute atomic E-state index is 12.5. The van der Waals surface area contributed by atoms with Gasteiger partial charge in [-0.1, -0.05) is 30.5 Å². The fourth-order valence-electron chi connectivity index (χ4n) is 3.55. The lowest BCUT2D eigenvalue weighted by Crippen LogP contribution is -2.44. The fourth-order valence-corrected chi connectivity index (χ4v) is 3.55. The summed E-state index contributed by atoms with van der Waals surface area (Å²) in [5.41, 5.74) is 1.14. The smallest absolute Gasteiger partial charge is 0.249 e. The number of nitrogens with zero attached hydrogens (tertiary/aromatic N) is 1. The number of benzene rings is 1. The molecule has 1 unspecified atom stereocenters. The van der Waals surface area contributed by atoms with Gasteiger partial charge in [0.1, 0.15) is 6.04 Å². The number of aliphatic hydroxyl groups is 1. The molecule has 0 radical (unpaired) electrons. The molecule has 0 spiro atoms. The van der Waals surface area contributed by atoms with Gasteiger partial charge in [-0.25, -0.2) is 0 Å². The minimum absolute atomic E-state index is 0.0689. The molecule has 5 nitrogen and oxygen atoms in total. The first-order valence-electron chi connectivity index (χ1n) is 8.37. The Morgan fingerprint density at radius 3 is 2.61 bits per heavy atom. The molecule has 1 atom stereocenters. The molecule has 1 aliphatic carbocycles. The zero-order valence-corrected chi connectivity index (χ0v) is 13.5. The fraction of sp³-hybridized carbons (Fsp3) is 0.556. The first kappa shape index (κ1) is 16.0. The average molecular weight is 316 g/mol. The molecule has 124 valence electrons. The lowest BCUT2D eigenvalue weighted by molar-refractivity contribution is -0.129. The third kappa shape index (κ3) is 3.55. The summed E-state index contributed by atoms with van der Waals surface area (Å²) in [6.45, 7) is 2.61. The molecule has 5 heteroatoms. The molecule has 1 saturated carbocycles. The molecule has 1 aromatic carbocycles. The number of hydrogen-bond acceptors (Lipinski definition) is 3. The minimum Gasteiger partial charge on any atom is -0.389 e. The van der Waals surface area contributed by atoms with Crippen LogP contribution in [0.4, 0.5) is 5.69 Å². The maximum atomic E-state index is 12.5. The molecule has 1 heterocycles. The Hall–Kier alpha value is -1.88. The number of amides is 2.